The highest BCUT2D eigenvalue weighted by Gasteiger charge is 2.34. The molecule has 1 aliphatic rings. The monoisotopic (exact) mass is 265 g/mol. The molecule has 1 aliphatic heterocycles. The van der Waals surface area contributed by atoms with E-state index in [1.807, 2.05) is 6.07 Å². The van der Waals surface area contributed by atoms with Gasteiger partial charge in [-0.1, -0.05) is 18.2 Å². The first kappa shape index (κ1) is 12.2. The van der Waals surface area contributed by atoms with Crippen LogP contribution in [-0.2, 0) is 9.59 Å². The molecule has 0 atom stereocenters. The Kier molecular flexibility index (Phi) is 3.09. The normalized spacial score (nSPS) is 17.0. The molecular formula is C15H11N3O2. The van der Waals surface area contributed by atoms with E-state index in [1.54, 1.807) is 42.7 Å². The molecule has 0 N–H and O–H groups in total. The second kappa shape index (κ2) is 5.05. The standard InChI is InChI=1S/C15H11N3O2/c19-14-7-12(6-11-8-16-10-17-9-11)15(20)18(14)13-4-2-1-3-5-13/h1-6,8-10H,7H2/b12-6+. The highest BCUT2D eigenvalue weighted by molar-refractivity contribution is 6.29. The fourth-order valence-corrected chi connectivity index (χ4v) is 2.11. The molecule has 0 unspecified atom stereocenters. The lowest BCUT2D eigenvalue weighted by Gasteiger charge is -2.12. The number of hydrogen-bond acceptors (Lipinski definition) is 4. The highest BCUT2D eigenvalue weighted by atomic mass is 16.2. The quantitative estimate of drug-likeness (QED) is 0.614. The summed E-state index contributed by atoms with van der Waals surface area (Å²) in [5.41, 5.74) is 1.75. The molecule has 2 heterocycles. The number of aromatic nitrogens is 2. The molecule has 1 fully saturated rings. The topological polar surface area (TPSA) is 63.2 Å². The Morgan fingerprint density at radius 3 is 2.45 bits per heavy atom. The van der Waals surface area contributed by atoms with Crippen LogP contribution in [0.15, 0.2) is 54.6 Å². The molecule has 5 heteroatoms. The van der Waals surface area contributed by atoms with Crippen LogP contribution >= 0.6 is 0 Å². The fraction of sp³-hybridized carbons (Fsp3) is 0.0667. The van der Waals surface area contributed by atoms with Gasteiger partial charge in [0.1, 0.15) is 6.33 Å². The molecular weight excluding hydrogens is 254 g/mol. The van der Waals surface area contributed by atoms with E-state index in [9.17, 15) is 9.59 Å². The van der Waals surface area contributed by atoms with Crippen LogP contribution in [0.2, 0.25) is 0 Å². The lowest BCUT2D eigenvalue weighted by Crippen LogP contribution is -2.28. The summed E-state index contributed by atoms with van der Waals surface area (Å²) < 4.78 is 0. The summed E-state index contributed by atoms with van der Waals surface area (Å²) in [7, 11) is 0. The van der Waals surface area contributed by atoms with Crippen LogP contribution in [0.25, 0.3) is 6.08 Å². The number of nitrogens with zero attached hydrogens (tertiary/aromatic N) is 3. The zero-order valence-corrected chi connectivity index (χ0v) is 10.6. The first-order chi connectivity index (χ1) is 9.75. The fourth-order valence-electron chi connectivity index (χ4n) is 2.11. The number of amides is 2. The Labute approximate surface area is 115 Å². The minimum Gasteiger partial charge on any atom is -0.274 e. The molecule has 2 amide bonds. The van der Waals surface area contributed by atoms with Gasteiger partial charge in [0, 0.05) is 23.5 Å². The average molecular weight is 265 g/mol. The van der Waals surface area contributed by atoms with Gasteiger partial charge in [-0.2, -0.15) is 0 Å². The number of carbonyl (C=O) groups excluding carboxylic acids is 2. The molecule has 98 valence electrons. The van der Waals surface area contributed by atoms with Crippen molar-refractivity contribution in [2.24, 2.45) is 0 Å². The lowest BCUT2D eigenvalue weighted by atomic mass is 10.1. The summed E-state index contributed by atoms with van der Waals surface area (Å²) in [4.78, 5) is 33.3. The molecule has 20 heavy (non-hydrogen) atoms. The zero-order valence-electron chi connectivity index (χ0n) is 10.6. The van der Waals surface area contributed by atoms with E-state index in [4.69, 9.17) is 0 Å². The second-order valence-corrected chi connectivity index (χ2v) is 4.39. The minimum atomic E-state index is -0.287. The first-order valence-corrected chi connectivity index (χ1v) is 6.13. The van der Waals surface area contributed by atoms with E-state index in [0.717, 1.165) is 0 Å². The van der Waals surface area contributed by atoms with Crippen molar-refractivity contribution in [3.8, 4) is 0 Å². The highest BCUT2D eigenvalue weighted by Crippen LogP contribution is 2.26. The maximum Gasteiger partial charge on any atom is 0.261 e. The van der Waals surface area contributed by atoms with Gasteiger partial charge in [-0.15, -0.1) is 0 Å². The van der Waals surface area contributed by atoms with Crippen LogP contribution < -0.4 is 4.90 Å². The number of para-hydroxylation sites is 1. The molecule has 2 aromatic rings. The maximum atomic E-state index is 12.3. The third-order valence-corrected chi connectivity index (χ3v) is 3.00. The Morgan fingerprint density at radius 2 is 1.75 bits per heavy atom. The predicted octanol–water partition coefficient (Wildman–Crippen LogP) is 1.82. The van der Waals surface area contributed by atoms with Crippen molar-refractivity contribution in [1.29, 1.82) is 0 Å². The largest absolute Gasteiger partial charge is 0.274 e. The van der Waals surface area contributed by atoms with Crippen LogP contribution in [0.4, 0.5) is 5.69 Å². The van der Waals surface area contributed by atoms with Gasteiger partial charge in [0.25, 0.3) is 5.91 Å². The van der Waals surface area contributed by atoms with Crippen molar-refractivity contribution >= 4 is 23.6 Å². The predicted molar refractivity (Wildman–Crippen MR) is 73.6 cm³/mol. The van der Waals surface area contributed by atoms with Gasteiger partial charge in [-0.25, -0.2) is 14.9 Å². The van der Waals surface area contributed by atoms with Crippen LogP contribution in [0.5, 0.6) is 0 Å². The van der Waals surface area contributed by atoms with Crippen LogP contribution in [0, 0.1) is 0 Å². The lowest BCUT2D eigenvalue weighted by molar-refractivity contribution is -0.120. The Bertz CT molecular complexity index is 681. The summed E-state index contributed by atoms with van der Waals surface area (Å²) in [5, 5.41) is 0. The zero-order chi connectivity index (χ0) is 13.9. The Morgan fingerprint density at radius 1 is 1.05 bits per heavy atom. The summed E-state index contributed by atoms with van der Waals surface area (Å²) in [6.07, 6.45) is 6.37. The molecule has 5 nitrogen and oxygen atoms in total. The van der Waals surface area contributed by atoms with E-state index < -0.39 is 0 Å². The number of rotatable bonds is 2. The molecule has 0 spiro atoms. The van der Waals surface area contributed by atoms with E-state index in [0.29, 0.717) is 16.8 Å². The number of hydrogen-bond donors (Lipinski definition) is 0. The van der Waals surface area contributed by atoms with Crippen molar-refractivity contribution in [1.82, 2.24) is 9.97 Å². The summed E-state index contributed by atoms with van der Waals surface area (Å²) in [6.45, 7) is 0. The van der Waals surface area contributed by atoms with Gasteiger partial charge in [-0.05, 0) is 18.2 Å². The smallest absolute Gasteiger partial charge is 0.261 e. The number of carbonyl (C=O) groups is 2. The molecule has 1 aromatic heterocycles. The third-order valence-electron chi connectivity index (χ3n) is 3.00. The Hall–Kier alpha value is -2.82. The number of anilines is 1. The van der Waals surface area contributed by atoms with Crippen molar-refractivity contribution in [2.45, 2.75) is 6.42 Å². The minimum absolute atomic E-state index is 0.0998. The van der Waals surface area contributed by atoms with Gasteiger partial charge in [0.15, 0.2) is 0 Å². The van der Waals surface area contributed by atoms with E-state index in [1.165, 1.54) is 11.2 Å². The molecule has 3 rings (SSSR count). The number of benzene rings is 1. The van der Waals surface area contributed by atoms with E-state index >= 15 is 0 Å². The number of imide groups is 1. The van der Waals surface area contributed by atoms with Gasteiger partial charge < -0.3 is 0 Å². The van der Waals surface area contributed by atoms with Crippen molar-refractivity contribution in [3.63, 3.8) is 0 Å². The van der Waals surface area contributed by atoms with Crippen molar-refractivity contribution in [3.05, 3.63) is 60.2 Å². The Balaban J connectivity index is 1.93. The van der Waals surface area contributed by atoms with Crippen LogP contribution in [0.3, 0.4) is 0 Å². The van der Waals surface area contributed by atoms with Gasteiger partial charge in [-0.3, -0.25) is 9.59 Å². The molecule has 0 saturated carbocycles. The molecule has 0 radical (unpaired) electrons. The molecule has 1 aromatic carbocycles. The second-order valence-electron chi connectivity index (χ2n) is 4.39. The third kappa shape index (κ3) is 2.21. The average Bonchev–Trinajstić information content (AvgIpc) is 2.75. The SMILES string of the molecule is O=C1C/C(=C\c2cncnc2)C(=O)N1c1ccccc1. The maximum absolute atomic E-state index is 12.3. The van der Waals surface area contributed by atoms with E-state index in [2.05, 4.69) is 9.97 Å². The van der Waals surface area contributed by atoms with Crippen LogP contribution in [0.1, 0.15) is 12.0 Å². The summed E-state index contributed by atoms with van der Waals surface area (Å²) >= 11 is 0. The van der Waals surface area contributed by atoms with E-state index in [-0.39, 0.29) is 18.2 Å². The van der Waals surface area contributed by atoms with Gasteiger partial charge >= 0.3 is 0 Å². The summed E-state index contributed by atoms with van der Waals surface area (Å²) in [5.74, 6) is -0.505. The van der Waals surface area contributed by atoms with Crippen molar-refractivity contribution in [2.75, 3.05) is 4.90 Å². The molecule has 0 aliphatic carbocycles. The van der Waals surface area contributed by atoms with Gasteiger partial charge in [0.2, 0.25) is 5.91 Å². The summed E-state index contributed by atoms with van der Waals surface area (Å²) in [6, 6.07) is 8.91. The van der Waals surface area contributed by atoms with Crippen molar-refractivity contribution < 1.29 is 9.59 Å². The van der Waals surface area contributed by atoms with Gasteiger partial charge in [0.05, 0.1) is 12.1 Å². The molecule has 0 bridgehead atoms. The molecule has 1 saturated heterocycles. The van der Waals surface area contributed by atoms with Crippen LogP contribution in [-0.4, -0.2) is 21.8 Å². The first-order valence-electron chi connectivity index (χ1n) is 6.13.